The topological polar surface area (TPSA) is 52.9 Å². The second-order valence-corrected chi connectivity index (χ2v) is 5.53. The number of rotatable bonds is 3. The van der Waals surface area contributed by atoms with Gasteiger partial charge in [-0.2, -0.15) is 5.26 Å². The molecule has 3 heteroatoms. The van der Waals surface area contributed by atoms with E-state index in [1.54, 1.807) is 0 Å². The predicted octanol–water partition coefficient (Wildman–Crippen LogP) is 3.87. The zero-order valence-corrected chi connectivity index (χ0v) is 12.4. The number of nitriles is 1. The van der Waals surface area contributed by atoms with Gasteiger partial charge in [0.05, 0.1) is 0 Å². The molecule has 0 saturated heterocycles. The summed E-state index contributed by atoms with van der Waals surface area (Å²) in [6.45, 7) is 0.470. The van der Waals surface area contributed by atoms with Gasteiger partial charge in [0.15, 0.2) is 0 Å². The van der Waals surface area contributed by atoms with Crippen molar-refractivity contribution in [2.24, 2.45) is 0 Å². The van der Waals surface area contributed by atoms with Gasteiger partial charge in [-0.3, -0.25) is 4.79 Å². The van der Waals surface area contributed by atoms with Crippen molar-refractivity contribution in [3.8, 4) is 6.07 Å². The molecule has 0 atom stereocenters. The molecule has 21 heavy (non-hydrogen) atoms. The summed E-state index contributed by atoms with van der Waals surface area (Å²) in [5.74, 6) is -0.225. The van der Waals surface area contributed by atoms with Gasteiger partial charge in [-0.1, -0.05) is 49.6 Å². The minimum Gasteiger partial charge on any atom is -0.347 e. The molecule has 0 unspecified atom stereocenters. The molecule has 2 rings (SSSR count). The largest absolute Gasteiger partial charge is 0.347 e. The molecule has 1 N–H and O–H groups in total. The summed E-state index contributed by atoms with van der Waals surface area (Å²) in [6, 6.07) is 11.9. The molecule has 0 aromatic heterocycles. The van der Waals surface area contributed by atoms with Crippen LogP contribution in [0, 0.1) is 11.3 Å². The van der Waals surface area contributed by atoms with Crippen LogP contribution in [-0.4, -0.2) is 5.91 Å². The van der Waals surface area contributed by atoms with E-state index < -0.39 is 0 Å². The molecule has 1 amide bonds. The van der Waals surface area contributed by atoms with Gasteiger partial charge in [-0.25, -0.2) is 0 Å². The van der Waals surface area contributed by atoms with Gasteiger partial charge in [-0.05, 0) is 36.8 Å². The quantitative estimate of drug-likeness (QED) is 0.676. The van der Waals surface area contributed by atoms with Gasteiger partial charge in [0.25, 0.3) is 5.91 Å². The number of hydrogen-bond donors (Lipinski definition) is 1. The molecule has 0 spiro atoms. The van der Waals surface area contributed by atoms with Crippen molar-refractivity contribution in [2.45, 2.75) is 51.5 Å². The fraction of sp³-hybridized carbons (Fsp3) is 0.444. The van der Waals surface area contributed by atoms with Crippen LogP contribution in [0.2, 0.25) is 0 Å². The molecule has 0 bridgehead atoms. The van der Waals surface area contributed by atoms with E-state index in [1.807, 2.05) is 30.3 Å². The molecule has 0 aliphatic heterocycles. The Morgan fingerprint density at radius 3 is 2.29 bits per heavy atom. The highest BCUT2D eigenvalue weighted by atomic mass is 16.1. The monoisotopic (exact) mass is 282 g/mol. The van der Waals surface area contributed by atoms with Crippen LogP contribution in [0.25, 0.3) is 0 Å². The first kappa shape index (κ1) is 15.3. The first-order valence-electron chi connectivity index (χ1n) is 7.75. The first-order chi connectivity index (χ1) is 10.3. The molecule has 1 aromatic carbocycles. The van der Waals surface area contributed by atoms with E-state index in [1.165, 1.54) is 19.3 Å². The van der Waals surface area contributed by atoms with Crippen molar-refractivity contribution in [1.82, 2.24) is 5.32 Å². The van der Waals surface area contributed by atoms with Crippen molar-refractivity contribution in [2.75, 3.05) is 0 Å². The minimum absolute atomic E-state index is 0.225. The van der Waals surface area contributed by atoms with Crippen molar-refractivity contribution in [1.29, 1.82) is 5.26 Å². The van der Waals surface area contributed by atoms with E-state index >= 15 is 0 Å². The fourth-order valence-electron chi connectivity index (χ4n) is 2.74. The number of allylic oxidation sites excluding steroid dienone is 1. The minimum atomic E-state index is -0.225. The summed E-state index contributed by atoms with van der Waals surface area (Å²) in [7, 11) is 0. The number of benzene rings is 1. The molecule has 3 nitrogen and oxygen atoms in total. The summed E-state index contributed by atoms with van der Waals surface area (Å²) >= 11 is 0. The third-order valence-electron chi connectivity index (χ3n) is 3.95. The molecular formula is C18H22N2O. The molecule has 1 fully saturated rings. The number of nitrogens with zero attached hydrogens (tertiary/aromatic N) is 1. The number of hydrogen-bond acceptors (Lipinski definition) is 2. The summed E-state index contributed by atoms with van der Waals surface area (Å²) < 4.78 is 0. The highest BCUT2D eigenvalue weighted by Crippen LogP contribution is 2.24. The van der Waals surface area contributed by atoms with Crippen LogP contribution in [0.5, 0.6) is 0 Å². The third-order valence-corrected chi connectivity index (χ3v) is 3.95. The maximum atomic E-state index is 12.3. The van der Waals surface area contributed by atoms with Gasteiger partial charge in [0, 0.05) is 6.54 Å². The van der Waals surface area contributed by atoms with Crippen LogP contribution >= 0.6 is 0 Å². The average molecular weight is 282 g/mol. The molecule has 1 aliphatic carbocycles. The molecule has 0 heterocycles. The number of carbonyl (C=O) groups excluding carboxylic acids is 1. The zero-order chi connectivity index (χ0) is 14.9. The molecule has 110 valence electrons. The normalized spacial score (nSPS) is 15.5. The third kappa shape index (κ3) is 4.75. The maximum Gasteiger partial charge on any atom is 0.262 e. The van der Waals surface area contributed by atoms with Crippen molar-refractivity contribution >= 4 is 5.91 Å². The molecule has 0 radical (unpaired) electrons. The zero-order valence-electron chi connectivity index (χ0n) is 12.4. The molecule has 1 saturated carbocycles. The Hall–Kier alpha value is -2.08. The highest BCUT2D eigenvalue weighted by Gasteiger charge is 2.16. The van der Waals surface area contributed by atoms with E-state index in [0.29, 0.717) is 12.1 Å². The van der Waals surface area contributed by atoms with Crippen molar-refractivity contribution in [3.63, 3.8) is 0 Å². The van der Waals surface area contributed by atoms with Crippen LogP contribution in [-0.2, 0) is 11.3 Å². The van der Waals surface area contributed by atoms with E-state index in [2.05, 4.69) is 11.4 Å². The van der Waals surface area contributed by atoms with Crippen LogP contribution in [0.3, 0.4) is 0 Å². The summed E-state index contributed by atoms with van der Waals surface area (Å²) in [5.41, 5.74) is 2.43. The lowest BCUT2D eigenvalue weighted by Crippen LogP contribution is -2.25. The van der Waals surface area contributed by atoms with Crippen LogP contribution in [0.4, 0.5) is 0 Å². The number of nitrogens with one attached hydrogen (secondary N) is 1. The fourth-order valence-corrected chi connectivity index (χ4v) is 2.74. The Morgan fingerprint density at radius 2 is 1.67 bits per heavy atom. The van der Waals surface area contributed by atoms with Gasteiger partial charge in [-0.15, -0.1) is 0 Å². The molecule has 1 aliphatic rings. The van der Waals surface area contributed by atoms with E-state index in [-0.39, 0.29) is 5.91 Å². The van der Waals surface area contributed by atoms with Crippen LogP contribution < -0.4 is 5.32 Å². The van der Waals surface area contributed by atoms with E-state index in [0.717, 1.165) is 36.8 Å². The van der Waals surface area contributed by atoms with Gasteiger partial charge >= 0.3 is 0 Å². The lowest BCUT2D eigenvalue weighted by molar-refractivity contribution is -0.117. The maximum absolute atomic E-state index is 12.3. The first-order valence-corrected chi connectivity index (χ1v) is 7.75. The summed E-state index contributed by atoms with van der Waals surface area (Å²) in [4.78, 5) is 12.3. The van der Waals surface area contributed by atoms with Crippen molar-refractivity contribution < 1.29 is 4.79 Å². The van der Waals surface area contributed by atoms with Gasteiger partial charge in [0.2, 0.25) is 0 Å². The number of amides is 1. The Bertz CT molecular complexity index is 530. The second-order valence-electron chi connectivity index (χ2n) is 5.53. The highest BCUT2D eigenvalue weighted by molar-refractivity contribution is 5.98. The van der Waals surface area contributed by atoms with E-state index in [9.17, 15) is 10.1 Å². The number of carbonyl (C=O) groups is 1. The lowest BCUT2D eigenvalue weighted by atomic mass is 9.92. The average Bonchev–Trinajstić information content (AvgIpc) is 2.49. The molecular weight excluding hydrogens is 260 g/mol. The molecule has 1 aromatic rings. The van der Waals surface area contributed by atoms with Crippen molar-refractivity contribution in [3.05, 3.63) is 47.0 Å². The second kappa shape index (κ2) is 8.26. The Kier molecular flexibility index (Phi) is 6.02. The van der Waals surface area contributed by atoms with Crippen LogP contribution in [0.1, 0.15) is 50.5 Å². The summed E-state index contributed by atoms with van der Waals surface area (Å²) in [5, 5.41) is 12.2. The Morgan fingerprint density at radius 1 is 1.05 bits per heavy atom. The predicted molar refractivity (Wildman–Crippen MR) is 83.2 cm³/mol. The SMILES string of the molecule is N#CC(C(=O)NCc1ccccc1)=C1CCCCCCC1. The lowest BCUT2D eigenvalue weighted by Gasteiger charge is -2.14. The van der Waals surface area contributed by atoms with Gasteiger partial charge in [0.1, 0.15) is 11.6 Å². The van der Waals surface area contributed by atoms with E-state index in [4.69, 9.17) is 0 Å². The standard InChI is InChI=1S/C18H22N2O/c19-13-17(16-11-7-2-1-3-8-12-16)18(21)20-14-15-9-5-4-6-10-15/h4-6,9-10H,1-3,7-8,11-12,14H2,(H,20,21). The Balaban J connectivity index is 2.01. The Labute approximate surface area is 126 Å². The van der Waals surface area contributed by atoms with Crippen LogP contribution in [0.15, 0.2) is 41.5 Å². The smallest absolute Gasteiger partial charge is 0.262 e. The summed E-state index contributed by atoms with van der Waals surface area (Å²) in [6.07, 6.45) is 7.64. The van der Waals surface area contributed by atoms with Gasteiger partial charge < -0.3 is 5.32 Å².